The van der Waals surface area contributed by atoms with Gasteiger partial charge in [-0.05, 0) is 30.2 Å². The third-order valence-corrected chi connectivity index (χ3v) is 3.29. The van der Waals surface area contributed by atoms with Crippen LogP contribution in [0, 0.1) is 0 Å². The summed E-state index contributed by atoms with van der Waals surface area (Å²) in [6, 6.07) is 16.3. The normalized spacial score (nSPS) is 13.6. The Balaban J connectivity index is 2.05. The molecular formula is C16H16ClNO2. The lowest BCUT2D eigenvalue weighted by Crippen LogP contribution is -2.43. The minimum absolute atomic E-state index is 0.152. The van der Waals surface area contributed by atoms with Crippen LogP contribution >= 0.6 is 11.6 Å². The zero-order valence-electron chi connectivity index (χ0n) is 11.2. The van der Waals surface area contributed by atoms with E-state index in [1.165, 1.54) is 0 Å². The van der Waals surface area contributed by atoms with Crippen LogP contribution in [0.15, 0.2) is 54.6 Å². The van der Waals surface area contributed by atoms with Crippen molar-refractivity contribution >= 4 is 17.6 Å². The predicted molar refractivity (Wildman–Crippen MR) is 79.2 cm³/mol. The number of halogens is 1. The SMILES string of the molecule is CC(N)(C(=O)OCc1cccc(Cl)c1)c1ccccc1. The maximum atomic E-state index is 12.1. The molecule has 0 aliphatic carbocycles. The fraction of sp³-hybridized carbons (Fsp3) is 0.188. The molecule has 3 nitrogen and oxygen atoms in total. The van der Waals surface area contributed by atoms with E-state index in [9.17, 15) is 4.79 Å². The summed E-state index contributed by atoms with van der Waals surface area (Å²) in [5, 5.41) is 0.608. The molecule has 2 aromatic carbocycles. The van der Waals surface area contributed by atoms with Gasteiger partial charge in [0.15, 0.2) is 0 Å². The zero-order chi connectivity index (χ0) is 14.6. The number of ether oxygens (including phenoxy) is 1. The van der Waals surface area contributed by atoms with Crippen molar-refractivity contribution in [1.82, 2.24) is 0 Å². The molecule has 4 heteroatoms. The van der Waals surface area contributed by atoms with Gasteiger partial charge in [-0.25, -0.2) is 4.79 Å². The summed E-state index contributed by atoms with van der Waals surface area (Å²) in [6.07, 6.45) is 0. The Bertz CT molecular complexity index is 596. The first-order chi connectivity index (χ1) is 9.50. The largest absolute Gasteiger partial charge is 0.459 e. The Morgan fingerprint density at radius 3 is 2.55 bits per heavy atom. The Labute approximate surface area is 123 Å². The fourth-order valence-corrected chi connectivity index (χ4v) is 2.04. The van der Waals surface area contributed by atoms with E-state index in [1.807, 2.05) is 30.3 Å². The Morgan fingerprint density at radius 2 is 1.90 bits per heavy atom. The second-order valence-electron chi connectivity index (χ2n) is 4.77. The van der Waals surface area contributed by atoms with E-state index in [1.54, 1.807) is 31.2 Å². The molecule has 0 spiro atoms. The van der Waals surface area contributed by atoms with Gasteiger partial charge in [0.2, 0.25) is 0 Å². The first kappa shape index (κ1) is 14.6. The molecule has 0 radical (unpaired) electrons. The molecule has 20 heavy (non-hydrogen) atoms. The van der Waals surface area contributed by atoms with Crippen molar-refractivity contribution in [2.45, 2.75) is 19.1 Å². The summed E-state index contributed by atoms with van der Waals surface area (Å²) in [4.78, 5) is 12.1. The summed E-state index contributed by atoms with van der Waals surface area (Å²) in [6.45, 7) is 1.79. The third kappa shape index (κ3) is 3.38. The summed E-state index contributed by atoms with van der Waals surface area (Å²) in [5.41, 5.74) is 6.46. The third-order valence-electron chi connectivity index (χ3n) is 3.06. The maximum Gasteiger partial charge on any atom is 0.330 e. The van der Waals surface area contributed by atoms with Crippen molar-refractivity contribution in [2.24, 2.45) is 5.73 Å². The second kappa shape index (κ2) is 6.07. The van der Waals surface area contributed by atoms with E-state index in [2.05, 4.69) is 0 Å². The highest BCUT2D eigenvalue weighted by Gasteiger charge is 2.32. The lowest BCUT2D eigenvalue weighted by Gasteiger charge is -2.23. The number of rotatable bonds is 4. The highest BCUT2D eigenvalue weighted by Crippen LogP contribution is 2.20. The average molecular weight is 290 g/mol. The molecule has 0 aromatic heterocycles. The standard InChI is InChI=1S/C16H16ClNO2/c1-16(18,13-7-3-2-4-8-13)15(19)20-11-12-6-5-9-14(17)10-12/h2-10H,11,18H2,1H3. The first-order valence-corrected chi connectivity index (χ1v) is 6.64. The number of benzene rings is 2. The molecule has 0 saturated carbocycles. The number of hydrogen-bond donors (Lipinski definition) is 1. The molecule has 0 fully saturated rings. The Kier molecular flexibility index (Phi) is 4.42. The van der Waals surface area contributed by atoms with Crippen molar-refractivity contribution in [1.29, 1.82) is 0 Å². The molecule has 0 saturated heterocycles. The highest BCUT2D eigenvalue weighted by molar-refractivity contribution is 6.30. The molecule has 104 valence electrons. The van der Waals surface area contributed by atoms with Crippen LogP contribution < -0.4 is 5.73 Å². The van der Waals surface area contributed by atoms with Crippen LogP contribution in [0.3, 0.4) is 0 Å². The van der Waals surface area contributed by atoms with Gasteiger partial charge in [0.05, 0.1) is 0 Å². The molecule has 1 atom stereocenters. The van der Waals surface area contributed by atoms with Crippen LogP contribution in [0.2, 0.25) is 5.02 Å². The van der Waals surface area contributed by atoms with Crippen molar-refractivity contribution in [3.05, 3.63) is 70.7 Å². The summed E-state index contributed by atoms with van der Waals surface area (Å²) in [5.74, 6) is -0.469. The zero-order valence-corrected chi connectivity index (χ0v) is 11.9. The van der Waals surface area contributed by atoms with Gasteiger partial charge in [0.1, 0.15) is 12.1 Å². The summed E-state index contributed by atoms with van der Waals surface area (Å²) < 4.78 is 5.28. The van der Waals surface area contributed by atoms with Gasteiger partial charge in [-0.3, -0.25) is 0 Å². The minimum atomic E-state index is -1.17. The van der Waals surface area contributed by atoms with E-state index in [4.69, 9.17) is 22.1 Å². The second-order valence-corrected chi connectivity index (χ2v) is 5.21. The van der Waals surface area contributed by atoms with E-state index in [-0.39, 0.29) is 6.61 Å². The van der Waals surface area contributed by atoms with Gasteiger partial charge in [-0.15, -0.1) is 0 Å². The minimum Gasteiger partial charge on any atom is -0.459 e. The molecule has 0 aliphatic heterocycles. The van der Waals surface area contributed by atoms with Crippen LogP contribution in [-0.2, 0) is 21.7 Å². The van der Waals surface area contributed by atoms with Gasteiger partial charge in [0, 0.05) is 5.02 Å². The number of carbonyl (C=O) groups excluding carboxylic acids is 1. The van der Waals surface area contributed by atoms with Crippen molar-refractivity contribution in [3.63, 3.8) is 0 Å². The van der Waals surface area contributed by atoms with Crippen LogP contribution in [0.25, 0.3) is 0 Å². The molecule has 0 heterocycles. The van der Waals surface area contributed by atoms with Crippen LogP contribution in [-0.4, -0.2) is 5.97 Å². The molecule has 1 unspecified atom stereocenters. The predicted octanol–water partition coefficient (Wildman–Crippen LogP) is 3.26. The summed E-state index contributed by atoms with van der Waals surface area (Å²) >= 11 is 5.88. The van der Waals surface area contributed by atoms with Gasteiger partial charge in [-0.1, -0.05) is 54.1 Å². The van der Waals surface area contributed by atoms with E-state index < -0.39 is 11.5 Å². The topological polar surface area (TPSA) is 52.3 Å². The molecule has 2 rings (SSSR count). The molecular weight excluding hydrogens is 274 g/mol. The number of esters is 1. The molecule has 0 amide bonds. The number of nitrogens with two attached hydrogens (primary N) is 1. The molecule has 0 aliphatic rings. The van der Waals surface area contributed by atoms with Crippen molar-refractivity contribution in [3.8, 4) is 0 Å². The van der Waals surface area contributed by atoms with E-state index >= 15 is 0 Å². The maximum absolute atomic E-state index is 12.1. The summed E-state index contributed by atoms with van der Waals surface area (Å²) in [7, 11) is 0. The smallest absolute Gasteiger partial charge is 0.330 e. The monoisotopic (exact) mass is 289 g/mol. The van der Waals surface area contributed by atoms with E-state index in [0.29, 0.717) is 5.02 Å². The quantitative estimate of drug-likeness (QED) is 0.879. The van der Waals surface area contributed by atoms with Crippen LogP contribution in [0.1, 0.15) is 18.1 Å². The highest BCUT2D eigenvalue weighted by atomic mass is 35.5. The number of hydrogen-bond acceptors (Lipinski definition) is 3. The van der Waals surface area contributed by atoms with Crippen LogP contribution in [0.5, 0.6) is 0 Å². The van der Waals surface area contributed by atoms with Gasteiger partial charge in [-0.2, -0.15) is 0 Å². The lowest BCUT2D eigenvalue weighted by molar-refractivity contribution is -0.151. The number of carbonyl (C=O) groups is 1. The molecule has 0 bridgehead atoms. The van der Waals surface area contributed by atoms with Gasteiger partial charge in [0.25, 0.3) is 0 Å². The fourth-order valence-electron chi connectivity index (χ4n) is 1.83. The molecule has 2 N–H and O–H groups in total. The Hall–Kier alpha value is -1.84. The van der Waals surface area contributed by atoms with Crippen LogP contribution in [0.4, 0.5) is 0 Å². The van der Waals surface area contributed by atoms with Crippen molar-refractivity contribution in [2.75, 3.05) is 0 Å². The van der Waals surface area contributed by atoms with E-state index in [0.717, 1.165) is 11.1 Å². The Morgan fingerprint density at radius 1 is 1.20 bits per heavy atom. The molecule has 2 aromatic rings. The lowest BCUT2D eigenvalue weighted by atomic mass is 9.93. The first-order valence-electron chi connectivity index (χ1n) is 6.26. The van der Waals surface area contributed by atoms with Crippen molar-refractivity contribution < 1.29 is 9.53 Å². The van der Waals surface area contributed by atoms with Gasteiger partial charge < -0.3 is 10.5 Å². The van der Waals surface area contributed by atoms with Gasteiger partial charge >= 0.3 is 5.97 Å². The average Bonchev–Trinajstić information content (AvgIpc) is 2.45.